The number of nitrogens with one attached hydrogen (secondary N) is 1. The van der Waals surface area contributed by atoms with E-state index in [1.54, 1.807) is 16.7 Å². The Labute approximate surface area is 135 Å². The van der Waals surface area contributed by atoms with Gasteiger partial charge in [-0.3, -0.25) is 4.57 Å². The minimum Gasteiger partial charge on any atom is -0.461 e. The zero-order valence-corrected chi connectivity index (χ0v) is 13.1. The lowest BCUT2D eigenvalue weighted by Crippen LogP contribution is -2.18. The molecule has 1 N–H and O–H groups in total. The monoisotopic (exact) mass is 336 g/mol. The number of carbonyl (C=O) groups is 1. The third-order valence-corrected chi connectivity index (χ3v) is 4.43. The Morgan fingerprint density at radius 1 is 1.27 bits per heavy atom. The van der Waals surface area contributed by atoms with Crippen molar-refractivity contribution in [2.24, 2.45) is 0 Å². The SMILES string of the molecule is O=C(OCCCn1c(=O)[nH]c2ccccc21)c1ccc(Cl)s1. The molecule has 0 aliphatic carbocycles. The Morgan fingerprint density at radius 2 is 2.09 bits per heavy atom. The molecule has 0 spiro atoms. The van der Waals surface area contributed by atoms with Crippen LogP contribution in [0.3, 0.4) is 0 Å². The fraction of sp³-hybridized carbons (Fsp3) is 0.200. The molecular weight excluding hydrogens is 324 g/mol. The molecule has 0 bridgehead atoms. The Balaban J connectivity index is 1.58. The summed E-state index contributed by atoms with van der Waals surface area (Å²) in [6.07, 6.45) is 0.562. The number of benzene rings is 1. The second-order valence-corrected chi connectivity index (χ2v) is 6.41. The van der Waals surface area contributed by atoms with Crippen molar-refractivity contribution in [3.05, 3.63) is 56.1 Å². The number of thiophene rings is 1. The van der Waals surface area contributed by atoms with Crippen LogP contribution in [0.5, 0.6) is 0 Å². The number of H-pyrrole nitrogens is 1. The number of ether oxygens (including phenoxy) is 1. The zero-order valence-electron chi connectivity index (χ0n) is 11.5. The summed E-state index contributed by atoms with van der Waals surface area (Å²) < 4.78 is 7.38. The third-order valence-electron chi connectivity index (χ3n) is 3.22. The van der Waals surface area contributed by atoms with Crippen molar-refractivity contribution < 1.29 is 9.53 Å². The summed E-state index contributed by atoms with van der Waals surface area (Å²) in [7, 11) is 0. The number of esters is 1. The van der Waals surface area contributed by atoms with Crippen molar-refractivity contribution >= 4 is 39.9 Å². The van der Waals surface area contributed by atoms with Crippen LogP contribution in [-0.2, 0) is 11.3 Å². The number of rotatable bonds is 5. The van der Waals surface area contributed by atoms with Gasteiger partial charge in [-0.05, 0) is 30.7 Å². The van der Waals surface area contributed by atoms with E-state index in [9.17, 15) is 9.59 Å². The van der Waals surface area contributed by atoms with Gasteiger partial charge in [0.2, 0.25) is 0 Å². The molecule has 2 aromatic heterocycles. The number of hydrogen-bond donors (Lipinski definition) is 1. The minimum absolute atomic E-state index is 0.155. The highest BCUT2D eigenvalue weighted by atomic mass is 35.5. The molecule has 0 amide bonds. The van der Waals surface area contributed by atoms with Crippen molar-refractivity contribution in [2.45, 2.75) is 13.0 Å². The number of imidazole rings is 1. The molecule has 0 saturated heterocycles. The van der Waals surface area contributed by atoms with E-state index in [1.165, 1.54) is 11.3 Å². The maximum Gasteiger partial charge on any atom is 0.348 e. The molecule has 0 radical (unpaired) electrons. The van der Waals surface area contributed by atoms with E-state index in [-0.39, 0.29) is 18.3 Å². The number of para-hydroxylation sites is 2. The lowest BCUT2D eigenvalue weighted by molar-refractivity contribution is 0.0502. The predicted molar refractivity (Wildman–Crippen MR) is 86.8 cm³/mol. The molecular formula is C15H13ClN2O3S. The summed E-state index contributed by atoms with van der Waals surface area (Å²) in [4.78, 5) is 26.9. The molecule has 3 aromatic rings. The first-order chi connectivity index (χ1) is 10.6. The molecule has 0 fully saturated rings. The molecule has 0 saturated carbocycles. The summed E-state index contributed by atoms with van der Waals surface area (Å²) in [6.45, 7) is 0.738. The second kappa shape index (κ2) is 6.37. The predicted octanol–water partition coefficient (Wildman–Crippen LogP) is 3.29. The van der Waals surface area contributed by atoms with Gasteiger partial charge in [0.1, 0.15) is 4.88 Å². The lowest BCUT2D eigenvalue weighted by Gasteiger charge is -2.05. The fourth-order valence-electron chi connectivity index (χ4n) is 2.21. The third kappa shape index (κ3) is 3.08. The van der Waals surface area contributed by atoms with Gasteiger partial charge in [0.15, 0.2) is 0 Å². The van der Waals surface area contributed by atoms with Crippen molar-refractivity contribution in [3.63, 3.8) is 0 Å². The second-order valence-electron chi connectivity index (χ2n) is 4.69. The quantitative estimate of drug-likeness (QED) is 0.574. The van der Waals surface area contributed by atoms with Gasteiger partial charge in [0.25, 0.3) is 0 Å². The van der Waals surface area contributed by atoms with Crippen LogP contribution in [0.15, 0.2) is 41.2 Å². The molecule has 22 heavy (non-hydrogen) atoms. The summed E-state index contributed by atoms with van der Waals surface area (Å²) in [5, 5.41) is 0. The average molecular weight is 337 g/mol. The highest BCUT2D eigenvalue weighted by Gasteiger charge is 2.10. The van der Waals surface area contributed by atoms with Crippen LogP contribution in [0.2, 0.25) is 4.34 Å². The van der Waals surface area contributed by atoms with E-state index >= 15 is 0 Å². The van der Waals surface area contributed by atoms with E-state index < -0.39 is 0 Å². The standard InChI is InChI=1S/C15H13ClN2O3S/c16-13-7-6-12(22-13)14(19)21-9-3-8-18-11-5-2-1-4-10(11)17-15(18)20/h1-2,4-7H,3,8-9H2,(H,17,20). The normalized spacial score (nSPS) is 11.0. The van der Waals surface area contributed by atoms with E-state index in [4.69, 9.17) is 16.3 Å². The molecule has 0 aliphatic heterocycles. The molecule has 0 atom stereocenters. The fourth-order valence-corrected chi connectivity index (χ4v) is 3.15. The highest BCUT2D eigenvalue weighted by Crippen LogP contribution is 2.22. The molecule has 114 valence electrons. The number of hydrogen-bond acceptors (Lipinski definition) is 4. The molecule has 2 heterocycles. The van der Waals surface area contributed by atoms with Gasteiger partial charge in [-0.15, -0.1) is 11.3 Å². The van der Waals surface area contributed by atoms with Crippen molar-refractivity contribution in [3.8, 4) is 0 Å². The van der Waals surface area contributed by atoms with E-state index in [0.717, 1.165) is 11.0 Å². The number of fused-ring (bicyclic) bond motifs is 1. The van der Waals surface area contributed by atoms with Gasteiger partial charge in [-0.25, -0.2) is 9.59 Å². The van der Waals surface area contributed by atoms with Gasteiger partial charge in [0, 0.05) is 6.54 Å². The van der Waals surface area contributed by atoms with Gasteiger partial charge in [0.05, 0.1) is 22.0 Å². The van der Waals surface area contributed by atoms with Crippen molar-refractivity contribution in [1.29, 1.82) is 0 Å². The van der Waals surface area contributed by atoms with E-state index in [2.05, 4.69) is 4.98 Å². The Bertz CT molecular complexity index is 865. The van der Waals surface area contributed by atoms with Crippen LogP contribution in [0.1, 0.15) is 16.1 Å². The van der Waals surface area contributed by atoms with Gasteiger partial charge < -0.3 is 9.72 Å². The molecule has 7 heteroatoms. The van der Waals surface area contributed by atoms with Crippen LogP contribution < -0.4 is 5.69 Å². The topological polar surface area (TPSA) is 64.1 Å². The number of halogens is 1. The van der Waals surface area contributed by atoms with Crippen LogP contribution in [0.25, 0.3) is 11.0 Å². The van der Waals surface area contributed by atoms with Crippen molar-refractivity contribution in [2.75, 3.05) is 6.61 Å². The summed E-state index contributed by atoms with van der Waals surface area (Å²) in [5.41, 5.74) is 1.50. The van der Waals surface area contributed by atoms with Crippen LogP contribution >= 0.6 is 22.9 Å². The number of aromatic nitrogens is 2. The Morgan fingerprint density at radius 3 is 2.86 bits per heavy atom. The molecule has 5 nitrogen and oxygen atoms in total. The van der Waals surface area contributed by atoms with Crippen LogP contribution in [0.4, 0.5) is 0 Å². The van der Waals surface area contributed by atoms with E-state index in [1.807, 2.05) is 24.3 Å². The lowest BCUT2D eigenvalue weighted by atomic mass is 10.3. The maximum atomic E-state index is 11.9. The number of carbonyl (C=O) groups excluding carboxylic acids is 1. The average Bonchev–Trinajstić information content (AvgIpc) is 3.07. The molecule has 3 rings (SSSR count). The van der Waals surface area contributed by atoms with Crippen molar-refractivity contribution in [1.82, 2.24) is 9.55 Å². The van der Waals surface area contributed by atoms with Gasteiger partial charge in [-0.1, -0.05) is 23.7 Å². The van der Waals surface area contributed by atoms with Crippen LogP contribution in [-0.4, -0.2) is 22.1 Å². The first-order valence-corrected chi connectivity index (χ1v) is 7.94. The summed E-state index contributed by atoms with van der Waals surface area (Å²) in [6, 6.07) is 10.8. The number of aromatic amines is 1. The number of aryl methyl sites for hydroxylation is 1. The first kappa shape index (κ1) is 14.9. The first-order valence-electron chi connectivity index (χ1n) is 6.75. The Kier molecular flexibility index (Phi) is 4.31. The molecule has 0 aliphatic rings. The smallest absolute Gasteiger partial charge is 0.348 e. The summed E-state index contributed by atoms with van der Waals surface area (Å²) >= 11 is 6.96. The van der Waals surface area contributed by atoms with Gasteiger partial charge in [-0.2, -0.15) is 0 Å². The molecule has 1 aromatic carbocycles. The van der Waals surface area contributed by atoms with E-state index in [0.29, 0.717) is 22.2 Å². The highest BCUT2D eigenvalue weighted by molar-refractivity contribution is 7.17. The minimum atomic E-state index is -0.386. The van der Waals surface area contributed by atoms with Crippen LogP contribution in [0, 0.1) is 0 Å². The van der Waals surface area contributed by atoms with Gasteiger partial charge >= 0.3 is 11.7 Å². The Hall–Kier alpha value is -2.05. The molecule has 0 unspecified atom stereocenters. The zero-order chi connectivity index (χ0) is 15.5. The number of nitrogens with zero attached hydrogens (tertiary/aromatic N) is 1. The largest absolute Gasteiger partial charge is 0.461 e. The maximum absolute atomic E-state index is 11.9. The summed E-state index contributed by atoms with van der Waals surface area (Å²) in [5.74, 6) is -0.386.